The van der Waals surface area contributed by atoms with Crippen LogP contribution in [0.2, 0.25) is 0 Å². The molecule has 0 spiro atoms. The van der Waals surface area contributed by atoms with Crippen LogP contribution < -0.4 is 5.32 Å². The average Bonchev–Trinajstić information content (AvgIpc) is 2.82. The number of carbonyl (C=O) groups is 2. The highest BCUT2D eigenvalue weighted by molar-refractivity contribution is 6.31. The van der Waals surface area contributed by atoms with Crippen molar-refractivity contribution in [3.8, 4) is 0 Å². The van der Waals surface area contributed by atoms with E-state index in [1.807, 2.05) is 0 Å². The van der Waals surface area contributed by atoms with Crippen molar-refractivity contribution in [3.63, 3.8) is 0 Å². The zero-order valence-electron chi connectivity index (χ0n) is 9.82. The molecule has 2 bridgehead atoms. The van der Waals surface area contributed by atoms with E-state index in [1.54, 1.807) is 13.0 Å². The first-order valence-electron chi connectivity index (χ1n) is 5.26. The fourth-order valence-corrected chi connectivity index (χ4v) is 3.02. The third kappa shape index (κ3) is 1.49. The summed E-state index contributed by atoms with van der Waals surface area (Å²) in [4.78, 5) is 23.8. The Morgan fingerprint density at radius 2 is 2.06 bits per heavy atom. The molecular formula is C11H14ClNO4. The highest BCUT2D eigenvalue weighted by Gasteiger charge is 2.63. The number of halogens is 1. The molecule has 1 N–H and O–H groups in total. The third-order valence-corrected chi connectivity index (χ3v) is 4.05. The predicted molar refractivity (Wildman–Crippen MR) is 60.3 cm³/mol. The number of hydrogen-bond acceptors (Lipinski definition) is 5. The van der Waals surface area contributed by atoms with Crippen LogP contribution in [-0.2, 0) is 19.1 Å². The molecule has 0 aromatic heterocycles. The SMILES string of the molecule is COC(=O)C1C2NC(C=C2Cl)C1(C)C(=O)OC. The number of ether oxygens (including phenoxy) is 2. The summed E-state index contributed by atoms with van der Waals surface area (Å²) in [5.74, 6) is -1.54. The molecule has 0 aromatic rings. The number of fused-ring (bicyclic) bond motifs is 2. The first-order valence-corrected chi connectivity index (χ1v) is 5.64. The minimum atomic E-state index is -0.967. The van der Waals surface area contributed by atoms with Gasteiger partial charge < -0.3 is 14.8 Å². The van der Waals surface area contributed by atoms with E-state index < -0.39 is 23.3 Å². The van der Waals surface area contributed by atoms with Crippen LogP contribution in [0.25, 0.3) is 0 Å². The molecule has 2 heterocycles. The van der Waals surface area contributed by atoms with Crippen LogP contribution in [0.5, 0.6) is 0 Å². The molecule has 0 radical (unpaired) electrons. The monoisotopic (exact) mass is 259 g/mol. The number of nitrogens with one attached hydrogen (secondary N) is 1. The van der Waals surface area contributed by atoms with E-state index in [-0.39, 0.29) is 12.1 Å². The molecule has 0 amide bonds. The van der Waals surface area contributed by atoms with E-state index in [2.05, 4.69) is 5.32 Å². The van der Waals surface area contributed by atoms with Crippen molar-refractivity contribution in [2.75, 3.05) is 14.2 Å². The molecule has 94 valence electrons. The Balaban J connectivity index is 2.44. The number of hydrogen-bond donors (Lipinski definition) is 1. The van der Waals surface area contributed by atoms with Gasteiger partial charge in [0.25, 0.3) is 0 Å². The molecule has 6 heteroatoms. The number of esters is 2. The molecule has 5 nitrogen and oxygen atoms in total. The smallest absolute Gasteiger partial charge is 0.314 e. The van der Waals surface area contributed by atoms with Crippen molar-refractivity contribution >= 4 is 23.5 Å². The number of rotatable bonds is 2. The molecule has 1 saturated heterocycles. The van der Waals surface area contributed by atoms with Gasteiger partial charge in [-0.15, -0.1) is 0 Å². The van der Waals surface area contributed by atoms with Gasteiger partial charge in [-0.2, -0.15) is 0 Å². The van der Waals surface area contributed by atoms with Gasteiger partial charge in [-0.25, -0.2) is 0 Å². The summed E-state index contributed by atoms with van der Waals surface area (Å²) in [7, 11) is 2.60. The zero-order chi connectivity index (χ0) is 12.8. The zero-order valence-corrected chi connectivity index (χ0v) is 10.6. The second kappa shape index (κ2) is 3.99. The van der Waals surface area contributed by atoms with Gasteiger partial charge in [-0.1, -0.05) is 17.7 Å². The Hall–Kier alpha value is -1.07. The molecular weight excluding hydrogens is 246 g/mol. The summed E-state index contributed by atoms with van der Waals surface area (Å²) in [6.45, 7) is 1.69. The van der Waals surface area contributed by atoms with Crippen LogP contribution in [0.15, 0.2) is 11.1 Å². The maximum atomic E-state index is 11.9. The lowest BCUT2D eigenvalue weighted by Gasteiger charge is -2.33. The fraction of sp³-hybridized carbons (Fsp3) is 0.636. The van der Waals surface area contributed by atoms with Crippen LogP contribution in [0.1, 0.15) is 6.92 Å². The van der Waals surface area contributed by atoms with Gasteiger partial charge in [0.2, 0.25) is 0 Å². The van der Waals surface area contributed by atoms with Gasteiger partial charge in [-0.3, -0.25) is 9.59 Å². The van der Waals surface area contributed by atoms with E-state index in [0.29, 0.717) is 5.03 Å². The Bertz CT molecular complexity index is 408. The largest absolute Gasteiger partial charge is 0.469 e. The van der Waals surface area contributed by atoms with Crippen LogP contribution in [-0.4, -0.2) is 38.2 Å². The van der Waals surface area contributed by atoms with Gasteiger partial charge in [0.05, 0.1) is 31.6 Å². The topological polar surface area (TPSA) is 64.6 Å². The molecule has 2 aliphatic heterocycles. The quantitative estimate of drug-likeness (QED) is 0.729. The summed E-state index contributed by atoms with van der Waals surface area (Å²) in [6.07, 6.45) is 1.75. The minimum absolute atomic E-state index is 0.295. The lowest BCUT2D eigenvalue weighted by Crippen LogP contribution is -2.48. The molecule has 17 heavy (non-hydrogen) atoms. The van der Waals surface area contributed by atoms with E-state index in [4.69, 9.17) is 21.1 Å². The molecule has 4 unspecified atom stereocenters. The Kier molecular flexibility index (Phi) is 2.91. The highest BCUT2D eigenvalue weighted by atomic mass is 35.5. The first-order chi connectivity index (χ1) is 7.96. The molecule has 2 aliphatic rings. The molecule has 0 aromatic carbocycles. The van der Waals surface area contributed by atoms with E-state index >= 15 is 0 Å². The number of methoxy groups -OCH3 is 2. The van der Waals surface area contributed by atoms with Crippen molar-refractivity contribution < 1.29 is 19.1 Å². The van der Waals surface area contributed by atoms with Crippen molar-refractivity contribution in [3.05, 3.63) is 11.1 Å². The summed E-state index contributed by atoms with van der Waals surface area (Å²) in [5, 5.41) is 3.67. The summed E-state index contributed by atoms with van der Waals surface area (Å²) < 4.78 is 9.54. The lowest BCUT2D eigenvalue weighted by atomic mass is 9.70. The standard InChI is InChI=1S/C11H14ClNO4/c1-11(10(15)17-3)6-4-5(12)8(13-6)7(11)9(14)16-2/h4,6-8,13H,1-3H3. The second-order valence-corrected chi connectivity index (χ2v) is 4.89. The summed E-state index contributed by atoms with van der Waals surface area (Å²) >= 11 is 6.02. The van der Waals surface area contributed by atoms with E-state index in [9.17, 15) is 9.59 Å². The highest BCUT2D eigenvalue weighted by Crippen LogP contribution is 2.49. The normalized spacial score (nSPS) is 38.8. The molecule has 0 aliphatic carbocycles. The third-order valence-electron chi connectivity index (χ3n) is 3.69. The maximum Gasteiger partial charge on any atom is 0.314 e. The Morgan fingerprint density at radius 3 is 2.59 bits per heavy atom. The van der Waals surface area contributed by atoms with Crippen molar-refractivity contribution in [1.29, 1.82) is 0 Å². The van der Waals surface area contributed by atoms with Crippen LogP contribution in [0.3, 0.4) is 0 Å². The van der Waals surface area contributed by atoms with Crippen LogP contribution in [0, 0.1) is 11.3 Å². The minimum Gasteiger partial charge on any atom is -0.469 e. The average molecular weight is 260 g/mol. The summed E-state index contributed by atoms with van der Waals surface area (Å²) in [5.41, 5.74) is -0.967. The lowest BCUT2D eigenvalue weighted by molar-refractivity contribution is -0.164. The first kappa shape index (κ1) is 12.4. The van der Waals surface area contributed by atoms with E-state index in [0.717, 1.165) is 0 Å². The molecule has 2 rings (SSSR count). The fourth-order valence-electron chi connectivity index (χ4n) is 2.71. The van der Waals surface area contributed by atoms with Gasteiger partial charge in [0.1, 0.15) is 0 Å². The van der Waals surface area contributed by atoms with Gasteiger partial charge >= 0.3 is 11.9 Å². The van der Waals surface area contributed by atoms with Crippen molar-refractivity contribution in [1.82, 2.24) is 5.32 Å². The Labute approximate surface area is 104 Å². The van der Waals surface area contributed by atoms with Gasteiger partial charge in [-0.05, 0) is 6.92 Å². The van der Waals surface area contributed by atoms with E-state index in [1.165, 1.54) is 14.2 Å². The van der Waals surface area contributed by atoms with Gasteiger partial charge in [0, 0.05) is 11.1 Å². The summed E-state index contributed by atoms with van der Waals surface area (Å²) in [6, 6.07) is -0.658. The molecule has 4 atom stereocenters. The maximum absolute atomic E-state index is 11.9. The predicted octanol–water partition coefficient (Wildman–Crippen LogP) is 0.432. The van der Waals surface area contributed by atoms with Crippen LogP contribution in [0.4, 0.5) is 0 Å². The van der Waals surface area contributed by atoms with Crippen molar-refractivity contribution in [2.45, 2.75) is 19.0 Å². The number of carbonyl (C=O) groups excluding carboxylic acids is 2. The van der Waals surface area contributed by atoms with Crippen LogP contribution >= 0.6 is 11.6 Å². The molecule has 1 fully saturated rings. The Morgan fingerprint density at radius 1 is 1.41 bits per heavy atom. The molecule has 0 saturated carbocycles. The van der Waals surface area contributed by atoms with Gasteiger partial charge in [0.15, 0.2) is 0 Å². The second-order valence-electron chi connectivity index (χ2n) is 4.45. The van der Waals surface area contributed by atoms with Crippen molar-refractivity contribution in [2.24, 2.45) is 11.3 Å².